The minimum atomic E-state index is -0.0144. The number of nitrogens with zero attached hydrogens (tertiary/aromatic N) is 3. The zero-order valence-electron chi connectivity index (χ0n) is 30.8. The van der Waals surface area contributed by atoms with Gasteiger partial charge in [-0.15, -0.1) is 0 Å². The zero-order chi connectivity index (χ0) is 37.0. The van der Waals surface area contributed by atoms with Crippen LogP contribution in [0.5, 0.6) is 0 Å². The Morgan fingerprint density at radius 3 is 2.07 bits per heavy atom. The third-order valence-corrected chi connectivity index (χ3v) is 11.6. The minimum absolute atomic E-state index is 0.0144. The van der Waals surface area contributed by atoms with E-state index in [0.29, 0.717) is 0 Å². The first-order valence-electron chi connectivity index (χ1n) is 19.4. The molecule has 0 saturated heterocycles. The van der Waals surface area contributed by atoms with Gasteiger partial charge in [0.05, 0.1) is 23.1 Å². The van der Waals surface area contributed by atoms with Crippen LogP contribution in [-0.4, -0.2) is 16.6 Å². The summed E-state index contributed by atoms with van der Waals surface area (Å²) in [4.78, 5) is 7.42. The van der Waals surface area contributed by atoms with Crippen molar-refractivity contribution in [1.82, 2.24) is 9.88 Å². The molecule has 266 valence electrons. The van der Waals surface area contributed by atoms with Crippen molar-refractivity contribution in [3.63, 3.8) is 0 Å². The summed E-state index contributed by atoms with van der Waals surface area (Å²) in [6.07, 6.45) is 9.86. The minimum Gasteiger partial charge on any atom is -0.345 e. The maximum atomic E-state index is 4.92. The molecule has 2 atom stereocenters. The van der Waals surface area contributed by atoms with E-state index in [4.69, 9.17) is 4.99 Å². The number of benzene rings is 7. The first-order valence-corrected chi connectivity index (χ1v) is 19.4. The Morgan fingerprint density at radius 1 is 0.554 bits per heavy atom. The Balaban J connectivity index is 0.899. The fraction of sp³-hybridized carbons (Fsp3) is 0.0577. The van der Waals surface area contributed by atoms with Gasteiger partial charge in [0.15, 0.2) is 0 Å². The van der Waals surface area contributed by atoms with Gasteiger partial charge < -0.3 is 10.2 Å². The number of nitrogens with one attached hydrogen (secondary N) is 1. The second-order valence-corrected chi connectivity index (χ2v) is 14.8. The Bertz CT molecular complexity index is 2910. The molecule has 1 aromatic heterocycles. The summed E-state index contributed by atoms with van der Waals surface area (Å²) in [6.45, 7) is 0. The first-order chi connectivity index (χ1) is 27.8. The Morgan fingerprint density at radius 2 is 1.23 bits per heavy atom. The highest BCUT2D eigenvalue weighted by molar-refractivity contribution is 6.15. The van der Waals surface area contributed by atoms with E-state index in [2.05, 4.69) is 209 Å². The van der Waals surface area contributed by atoms with Gasteiger partial charge in [0.25, 0.3) is 0 Å². The topological polar surface area (TPSA) is 32.6 Å². The standard InChI is InChI=1S/C52H38N4/c1-3-12-35(13-4-1)38-14-11-15-39(32-38)36-22-24-37(25-23-36)47-30-31-53-52(54-47)56-49-21-10-8-19-44(49)46-34-41(27-29-51(46)56)40-26-28-50-45(33-40)43-18-7-9-20-48(43)55(50)42-16-5-2-6-17-42/h1-27,29-34,47,50H,28H2,(H,53,54). The van der Waals surface area contributed by atoms with Crippen LogP contribution in [0.25, 0.3) is 55.2 Å². The number of allylic oxidation sites excluding steroid dienone is 2. The smallest absolute Gasteiger partial charge is 0.208 e. The molecule has 4 nitrogen and oxygen atoms in total. The van der Waals surface area contributed by atoms with E-state index in [1.807, 2.05) is 6.20 Å². The number of fused-ring (bicyclic) bond motifs is 6. The third kappa shape index (κ3) is 5.41. The molecule has 3 heterocycles. The highest BCUT2D eigenvalue weighted by Gasteiger charge is 2.35. The Hall–Kier alpha value is -7.17. The SMILES string of the molecule is C1=CC(c2ccc(-c3cccc(-c4ccccc4)c3)cc2)NC(n2c3ccccc3c3cc(C4=CCC5C(=C4)c4ccccc4N5c4ccccc4)ccc32)=N1. The van der Waals surface area contributed by atoms with Crippen LogP contribution in [-0.2, 0) is 0 Å². The number of aromatic nitrogens is 1. The van der Waals surface area contributed by atoms with E-state index < -0.39 is 0 Å². The molecular formula is C52H38N4. The van der Waals surface area contributed by atoms with Gasteiger partial charge in [-0.05, 0) is 106 Å². The van der Waals surface area contributed by atoms with Gasteiger partial charge in [0.2, 0.25) is 5.96 Å². The molecule has 0 spiro atoms. The van der Waals surface area contributed by atoms with Crippen LogP contribution in [0, 0.1) is 0 Å². The molecule has 56 heavy (non-hydrogen) atoms. The molecule has 8 aromatic rings. The molecule has 0 fully saturated rings. The molecule has 4 heteroatoms. The summed E-state index contributed by atoms with van der Waals surface area (Å²) in [5.41, 5.74) is 16.0. The van der Waals surface area contributed by atoms with Gasteiger partial charge in [-0.1, -0.05) is 140 Å². The van der Waals surface area contributed by atoms with Gasteiger partial charge in [-0.3, -0.25) is 4.57 Å². The zero-order valence-corrected chi connectivity index (χ0v) is 30.8. The van der Waals surface area contributed by atoms with Crippen LogP contribution < -0.4 is 10.2 Å². The molecule has 0 bridgehead atoms. The van der Waals surface area contributed by atoms with Crippen LogP contribution in [0.1, 0.15) is 29.2 Å². The highest BCUT2D eigenvalue weighted by atomic mass is 15.2. The number of hydrogen-bond donors (Lipinski definition) is 1. The monoisotopic (exact) mass is 718 g/mol. The van der Waals surface area contributed by atoms with Crippen molar-refractivity contribution in [2.24, 2.45) is 4.99 Å². The van der Waals surface area contributed by atoms with Crippen molar-refractivity contribution in [3.05, 3.63) is 217 Å². The maximum Gasteiger partial charge on any atom is 0.208 e. The summed E-state index contributed by atoms with van der Waals surface area (Å²) in [7, 11) is 0. The summed E-state index contributed by atoms with van der Waals surface area (Å²) in [5.74, 6) is 0.821. The molecule has 2 aliphatic heterocycles. The lowest BCUT2D eigenvalue weighted by molar-refractivity contribution is 0.756. The second kappa shape index (κ2) is 13.3. The molecule has 2 unspecified atom stereocenters. The van der Waals surface area contributed by atoms with Crippen molar-refractivity contribution >= 4 is 50.3 Å². The highest BCUT2D eigenvalue weighted by Crippen LogP contribution is 2.49. The number of rotatable bonds is 5. The Labute approximate surface area is 326 Å². The number of para-hydroxylation sites is 3. The van der Waals surface area contributed by atoms with Gasteiger partial charge in [-0.2, -0.15) is 0 Å². The number of anilines is 2. The number of aliphatic imine (C=N–C) groups is 1. The average Bonchev–Trinajstić information content (AvgIpc) is 3.79. The van der Waals surface area contributed by atoms with E-state index in [-0.39, 0.29) is 12.1 Å². The van der Waals surface area contributed by atoms with Crippen molar-refractivity contribution in [2.75, 3.05) is 4.90 Å². The number of hydrogen-bond acceptors (Lipinski definition) is 3. The van der Waals surface area contributed by atoms with E-state index in [1.54, 1.807) is 0 Å². The van der Waals surface area contributed by atoms with Gasteiger partial charge in [-0.25, -0.2) is 4.99 Å². The van der Waals surface area contributed by atoms with E-state index in [0.717, 1.165) is 23.4 Å². The predicted octanol–water partition coefficient (Wildman–Crippen LogP) is 12.6. The normalized spacial score (nSPS) is 17.2. The predicted molar refractivity (Wildman–Crippen MR) is 234 cm³/mol. The quantitative estimate of drug-likeness (QED) is 0.192. The molecular weight excluding hydrogens is 681 g/mol. The van der Waals surface area contributed by atoms with Gasteiger partial charge >= 0.3 is 0 Å². The summed E-state index contributed by atoms with van der Waals surface area (Å²) < 4.78 is 2.28. The summed E-state index contributed by atoms with van der Waals surface area (Å²) in [5, 5.41) is 6.21. The molecule has 0 radical (unpaired) electrons. The lowest BCUT2D eigenvalue weighted by atomic mass is 9.89. The molecule has 11 rings (SSSR count). The van der Waals surface area contributed by atoms with Gasteiger partial charge in [0, 0.05) is 33.9 Å². The lowest BCUT2D eigenvalue weighted by Gasteiger charge is -2.29. The molecule has 1 N–H and O–H groups in total. The van der Waals surface area contributed by atoms with Crippen molar-refractivity contribution in [3.8, 4) is 22.3 Å². The summed E-state index contributed by atoms with van der Waals surface area (Å²) in [6, 6.07) is 63.7. The van der Waals surface area contributed by atoms with Crippen molar-refractivity contribution in [2.45, 2.75) is 18.5 Å². The largest absolute Gasteiger partial charge is 0.345 e. The third-order valence-electron chi connectivity index (χ3n) is 11.6. The first kappa shape index (κ1) is 32.3. The summed E-state index contributed by atoms with van der Waals surface area (Å²) >= 11 is 0. The Kier molecular flexibility index (Phi) is 7.66. The fourth-order valence-electron chi connectivity index (χ4n) is 8.91. The maximum absolute atomic E-state index is 4.92. The molecule has 0 saturated carbocycles. The van der Waals surface area contributed by atoms with Gasteiger partial charge in [0.1, 0.15) is 0 Å². The van der Waals surface area contributed by atoms with Crippen LogP contribution in [0.3, 0.4) is 0 Å². The van der Waals surface area contributed by atoms with Crippen LogP contribution in [0.4, 0.5) is 11.4 Å². The molecule has 1 aliphatic carbocycles. The van der Waals surface area contributed by atoms with E-state index >= 15 is 0 Å². The second-order valence-electron chi connectivity index (χ2n) is 14.8. The van der Waals surface area contributed by atoms with Crippen molar-refractivity contribution < 1.29 is 0 Å². The molecule has 7 aromatic carbocycles. The van der Waals surface area contributed by atoms with Crippen LogP contribution in [0.15, 0.2) is 205 Å². The van der Waals surface area contributed by atoms with Crippen LogP contribution >= 0.6 is 0 Å². The molecule has 0 amide bonds. The lowest BCUT2D eigenvalue weighted by Crippen LogP contribution is -2.34. The average molecular weight is 719 g/mol. The van der Waals surface area contributed by atoms with E-state index in [1.165, 1.54) is 72.2 Å². The van der Waals surface area contributed by atoms with Crippen LogP contribution in [0.2, 0.25) is 0 Å². The van der Waals surface area contributed by atoms with Crippen molar-refractivity contribution in [1.29, 1.82) is 0 Å². The fourth-order valence-corrected chi connectivity index (χ4v) is 8.91. The molecule has 3 aliphatic rings. The van der Waals surface area contributed by atoms with E-state index in [9.17, 15) is 0 Å².